The van der Waals surface area contributed by atoms with E-state index in [2.05, 4.69) is 21.1 Å². The molecule has 1 aliphatic heterocycles. The number of aryl methyl sites for hydroxylation is 1. The van der Waals surface area contributed by atoms with Gasteiger partial charge in [0.2, 0.25) is 5.91 Å². The van der Waals surface area contributed by atoms with Crippen molar-refractivity contribution in [2.24, 2.45) is 11.8 Å². The molecule has 144 valence electrons. The quantitative estimate of drug-likeness (QED) is 0.786. The molecule has 1 aliphatic carbocycles. The minimum Gasteiger partial charge on any atom is -0.391 e. The molecule has 2 fully saturated rings. The minimum atomic E-state index is -0.414. The van der Waals surface area contributed by atoms with Crippen LogP contribution in [-0.4, -0.2) is 54.9 Å². The van der Waals surface area contributed by atoms with Gasteiger partial charge in [0.1, 0.15) is 12.7 Å². The van der Waals surface area contributed by atoms with Crippen molar-refractivity contribution in [2.75, 3.05) is 13.1 Å². The van der Waals surface area contributed by atoms with E-state index in [1.54, 1.807) is 17.2 Å². The van der Waals surface area contributed by atoms with E-state index >= 15 is 0 Å². The van der Waals surface area contributed by atoms with Gasteiger partial charge in [-0.2, -0.15) is 5.10 Å². The van der Waals surface area contributed by atoms with Crippen LogP contribution in [0.2, 0.25) is 0 Å². The van der Waals surface area contributed by atoms with Gasteiger partial charge >= 0.3 is 0 Å². The highest BCUT2D eigenvalue weighted by molar-refractivity contribution is 5.76. The Morgan fingerprint density at radius 2 is 2.04 bits per heavy atom. The predicted octanol–water partition coefficient (Wildman–Crippen LogP) is 1.86. The van der Waals surface area contributed by atoms with Crippen LogP contribution in [0.15, 0.2) is 37.2 Å². The molecule has 0 bridgehead atoms. The highest BCUT2D eigenvalue weighted by Gasteiger charge is 2.43. The first-order chi connectivity index (χ1) is 13.2. The maximum Gasteiger partial charge on any atom is 0.222 e. The van der Waals surface area contributed by atoms with Gasteiger partial charge in [-0.1, -0.05) is 6.07 Å². The Morgan fingerprint density at radius 1 is 1.19 bits per heavy atom. The largest absolute Gasteiger partial charge is 0.391 e. The number of carbonyl (C=O) groups excluding carboxylic acids is 1. The van der Waals surface area contributed by atoms with Crippen molar-refractivity contribution in [3.8, 4) is 0 Å². The topological polar surface area (TPSA) is 84.1 Å². The number of rotatable bonds is 6. The lowest BCUT2D eigenvalue weighted by atomic mass is 9.77. The summed E-state index contributed by atoms with van der Waals surface area (Å²) in [5.74, 6) is 1.10. The molecular weight excluding hydrogens is 342 g/mol. The van der Waals surface area contributed by atoms with Gasteiger partial charge in [0.15, 0.2) is 0 Å². The number of hydrogen-bond donors (Lipinski definition) is 1. The second-order valence-corrected chi connectivity index (χ2v) is 7.87. The lowest BCUT2D eigenvalue weighted by Crippen LogP contribution is -2.36. The molecule has 2 aromatic heterocycles. The zero-order valence-corrected chi connectivity index (χ0v) is 15.5. The van der Waals surface area contributed by atoms with E-state index in [1.807, 2.05) is 17.2 Å². The van der Waals surface area contributed by atoms with Crippen molar-refractivity contribution in [2.45, 2.75) is 50.7 Å². The van der Waals surface area contributed by atoms with Crippen molar-refractivity contribution in [3.63, 3.8) is 0 Å². The molecular formula is C20H27N5O2. The monoisotopic (exact) mass is 369 g/mol. The summed E-state index contributed by atoms with van der Waals surface area (Å²) in [6.07, 6.45) is 11.5. The molecule has 7 nitrogen and oxygen atoms in total. The molecule has 0 aromatic carbocycles. The van der Waals surface area contributed by atoms with E-state index in [0.717, 1.165) is 45.2 Å². The Kier molecular flexibility index (Phi) is 5.48. The lowest BCUT2D eigenvalue weighted by Gasteiger charge is -2.34. The standard InChI is InChI=1S/C20H27N5O2/c26-19-9-17-12-24(11-16(17)8-18(19)25-14-22-13-23-25)20(27)6-2-1-4-15-5-3-7-21-10-15/h3,5,7,10,13-14,16-19,26H,1-2,4,6,8-9,11-12H2/t16-,17+,18-,19-/m1/s1. The van der Waals surface area contributed by atoms with E-state index in [1.165, 1.54) is 11.9 Å². The molecule has 27 heavy (non-hydrogen) atoms. The van der Waals surface area contributed by atoms with E-state index < -0.39 is 6.10 Å². The van der Waals surface area contributed by atoms with Crippen LogP contribution in [0.5, 0.6) is 0 Å². The van der Waals surface area contributed by atoms with Gasteiger partial charge in [0.25, 0.3) is 0 Å². The number of amides is 1. The third-order valence-corrected chi connectivity index (χ3v) is 6.07. The van der Waals surface area contributed by atoms with Crippen molar-refractivity contribution in [1.82, 2.24) is 24.6 Å². The van der Waals surface area contributed by atoms with Crippen LogP contribution in [0.1, 0.15) is 43.7 Å². The average Bonchev–Trinajstić information content (AvgIpc) is 3.34. The van der Waals surface area contributed by atoms with Crippen molar-refractivity contribution >= 4 is 5.91 Å². The maximum absolute atomic E-state index is 12.6. The number of fused-ring (bicyclic) bond motifs is 1. The normalized spacial score (nSPS) is 27.5. The molecule has 1 saturated heterocycles. The Labute approximate surface area is 159 Å². The van der Waals surface area contributed by atoms with Gasteiger partial charge in [0, 0.05) is 31.9 Å². The zero-order valence-electron chi connectivity index (χ0n) is 15.5. The molecule has 7 heteroatoms. The number of unbranched alkanes of at least 4 members (excludes halogenated alkanes) is 1. The van der Waals surface area contributed by atoms with Crippen molar-refractivity contribution in [1.29, 1.82) is 0 Å². The van der Waals surface area contributed by atoms with Crippen LogP contribution in [0.4, 0.5) is 0 Å². The second-order valence-electron chi connectivity index (χ2n) is 7.87. The van der Waals surface area contributed by atoms with Gasteiger partial charge in [-0.15, -0.1) is 0 Å². The highest BCUT2D eigenvalue weighted by atomic mass is 16.3. The van der Waals surface area contributed by atoms with E-state index in [4.69, 9.17) is 0 Å². The number of nitrogens with zero attached hydrogens (tertiary/aromatic N) is 5. The van der Waals surface area contributed by atoms with Crippen molar-refractivity contribution in [3.05, 3.63) is 42.7 Å². The number of carbonyl (C=O) groups is 1. The molecule has 2 aliphatic rings. The van der Waals surface area contributed by atoms with E-state index in [9.17, 15) is 9.90 Å². The Hall–Kier alpha value is -2.28. The Balaban J connectivity index is 1.24. The van der Waals surface area contributed by atoms with Gasteiger partial charge in [-0.3, -0.25) is 9.78 Å². The first-order valence-electron chi connectivity index (χ1n) is 9.89. The summed E-state index contributed by atoms with van der Waals surface area (Å²) in [7, 11) is 0. The molecule has 0 radical (unpaired) electrons. The Bertz CT molecular complexity index is 736. The SMILES string of the molecule is O=C(CCCCc1cccnc1)N1C[C@H]2C[C@@H](n3cncn3)[C@H](O)C[C@H]2C1. The smallest absolute Gasteiger partial charge is 0.222 e. The van der Waals surface area contributed by atoms with Crippen LogP contribution in [0, 0.1) is 11.8 Å². The zero-order chi connectivity index (χ0) is 18.6. The van der Waals surface area contributed by atoms with Gasteiger partial charge in [-0.25, -0.2) is 9.67 Å². The Morgan fingerprint density at radius 3 is 2.78 bits per heavy atom. The highest BCUT2D eigenvalue weighted by Crippen LogP contribution is 2.41. The van der Waals surface area contributed by atoms with Gasteiger partial charge < -0.3 is 10.0 Å². The molecule has 4 rings (SSSR count). The summed E-state index contributed by atoms with van der Waals surface area (Å²) in [4.78, 5) is 22.7. The van der Waals surface area contributed by atoms with Crippen LogP contribution < -0.4 is 0 Å². The predicted molar refractivity (Wildman–Crippen MR) is 99.7 cm³/mol. The minimum absolute atomic E-state index is 0.0247. The summed E-state index contributed by atoms with van der Waals surface area (Å²) in [6.45, 7) is 1.59. The first-order valence-corrected chi connectivity index (χ1v) is 9.89. The number of likely N-dealkylation sites (tertiary alicyclic amines) is 1. The summed E-state index contributed by atoms with van der Waals surface area (Å²) in [6, 6.07) is 4.01. The lowest BCUT2D eigenvalue weighted by molar-refractivity contribution is -0.130. The fourth-order valence-electron chi connectivity index (χ4n) is 4.59. The molecule has 0 unspecified atom stereocenters. The molecule has 1 amide bonds. The van der Waals surface area contributed by atoms with Crippen LogP contribution in [0.3, 0.4) is 0 Å². The van der Waals surface area contributed by atoms with Crippen molar-refractivity contribution < 1.29 is 9.90 Å². The molecule has 0 spiro atoms. The summed E-state index contributed by atoms with van der Waals surface area (Å²) in [5, 5.41) is 14.7. The summed E-state index contributed by atoms with van der Waals surface area (Å²) in [5.41, 5.74) is 1.23. The number of aliphatic hydroxyl groups is 1. The average molecular weight is 369 g/mol. The summed E-state index contributed by atoms with van der Waals surface area (Å²) < 4.78 is 1.77. The molecule has 4 atom stereocenters. The second kappa shape index (κ2) is 8.17. The molecule has 2 aromatic rings. The van der Waals surface area contributed by atoms with Gasteiger partial charge in [0.05, 0.1) is 12.1 Å². The fraction of sp³-hybridized carbons (Fsp3) is 0.600. The number of hydrogen-bond acceptors (Lipinski definition) is 5. The third-order valence-electron chi connectivity index (χ3n) is 6.07. The number of aliphatic hydroxyl groups excluding tert-OH is 1. The first kappa shape index (κ1) is 18.1. The van der Waals surface area contributed by atoms with Gasteiger partial charge in [-0.05, 0) is 55.6 Å². The molecule has 1 saturated carbocycles. The van der Waals surface area contributed by atoms with Crippen LogP contribution in [-0.2, 0) is 11.2 Å². The van der Waals surface area contributed by atoms with E-state index in [0.29, 0.717) is 18.3 Å². The van der Waals surface area contributed by atoms with Crippen LogP contribution in [0.25, 0.3) is 0 Å². The summed E-state index contributed by atoms with van der Waals surface area (Å²) >= 11 is 0. The molecule has 1 N–H and O–H groups in total. The number of pyridine rings is 1. The third kappa shape index (κ3) is 4.18. The maximum atomic E-state index is 12.6. The molecule has 3 heterocycles. The number of aromatic nitrogens is 4. The fourth-order valence-corrected chi connectivity index (χ4v) is 4.59. The van der Waals surface area contributed by atoms with Crippen LogP contribution >= 0.6 is 0 Å². The van der Waals surface area contributed by atoms with E-state index in [-0.39, 0.29) is 11.9 Å².